The van der Waals surface area contributed by atoms with Crippen LogP contribution in [0.5, 0.6) is 0 Å². The number of hydrogen-bond acceptors (Lipinski definition) is 4. The number of rotatable bonds is 3. The molecule has 2 rings (SSSR count). The number of nitrogens with zero attached hydrogens (tertiary/aromatic N) is 4. The maximum Gasteiger partial charge on any atom is 0.246 e. The van der Waals surface area contributed by atoms with Crippen molar-refractivity contribution in [1.82, 2.24) is 15.1 Å². The molecule has 5 nitrogen and oxygen atoms in total. The molecule has 0 aliphatic carbocycles. The third kappa shape index (κ3) is 2.34. The molecule has 1 aromatic rings. The smallest absolute Gasteiger partial charge is 0.246 e. The van der Waals surface area contributed by atoms with Crippen molar-refractivity contribution >= 4 is 11.7 Å². The van der Waals surface area contributed by atoms with E-state index in [0.717, 1.165) is 30.9 Å². The lowest BCUT2D eigenvalue weighted by Gasteiger charge is -2.22. The van der Waals surface area contributed by atoms with Gasteiger partial charge in [0.25, 0.3) is 0 Å². The summed E-state index contributed by atoms with van der Waals surface area (Å²) in [4.78, 5) is 15.4. The molecule has 5 heteroatoms. The monoisotopic (exact) mass is 246 g/mol. The average molecular weight is 246 g/mol. The number of aromatic nitrogens is 2. The second-order valence-corrected chi connectivity index (χ2v) is 4.60. The lowest BCUT2D eigenvalue weighted by Crippen LogP contribution is -2.29. The maximum absolute atomic E-state index is 11.7. The van der Waals surface area contributed by atoms with Crippen LogP contribution in [0.1, 0.15) is 24.6 Å². The van der Waals surface area contributed by atoms with Crippen LogP contribution in [0.2, 0.25) is 0 Å². The van der Waals surface area contributed by atoms with Crippen LogP contribution in [-0.2, 0) is 4.79 Å². The van der Waals surface area contributed by atoms with E-state index in [1.807, 2.05) is 36.0 Å². The first-order valence-electron chi connectivity index (χ1n) is 6.07. The molecule has 18 heavy (non-hydrogen) atoms. The third-order valence-corrected chi connectivity index (χ3v) is 3.18. The van der Waals surface area contributed by atoms with Crippen molar-refractivity contribution in [2.24, 2.45) is 0 Å². The molecule has 1 aromatic heterocycles. The van der Waals surface area contributed by atoms with E-state index in [2.05, 4.69) is 16.8 Å². The Labute approximate surface area is 107 Å². The lowest BCUT2D eigenvalue weighted by molar-refractivity contribution is -0.126. The summed E-state index contributed by atoms with van der Waals surface area (Å²) in [6.45, 7) is 4.31. The van der Waals surface area contributed by atoms with Crippen molar-refractivity contribution in [2.75, 3.05) is 25.5 Å². The minimum Gasteiger partial charge on any atom is -0.361 e. The zero-order valence-corrected chi connectivity index (χ0v) is 10.8. The second kappa shape index (κ2) is 5.16. The Hall–Kier alpha value is -1.91. The molecule has 0 aromatic carbocycles. The summed E-state index contributed by atoms with van der Waals surface area (Å²) in [6, 6.07) is 3.91. The third-order valence-electron chi connectivity index (χ3n) is 3.18. The van der Waals surface area contributed by atoms with Crippen LogP contribution in [-0.4, -0.2) is 41.6 Å². The largest absolute Gasteiger partial charge is 0.361 e. The minimum atomic E-state index is -0.0315. The molecule has 0 bridgehead atoms. The number of carbonyl (C=O) groups excluding carboxylic acids is 1. The Balaban J connectivity index is 2.20. The van der Waals surface area contributed by atoms with Gasteiger partial charge in [0.2, 0.25) is 5.91 Å². The summed E-state index contributed by atoms with van der Waals surface area (Å²) >= 11 is 0. The van der Waals surface area contributed by atoms with E-state index in [9.17, 15) is 4.79 Å². The van der Waals surface area contributed by atoms with E-state index < -0.39 is 0 Å². The van der Waals surface area contributed by atoms with Gasteiger partial charge in [-0.2, -0.15) is 5.10 Å². The van der Waals surface area contributed by atoms with Crippen LogP contribution in [0.15, 0.2) is 24.8 Å². The summed E-state index contributed by atoms with van der Waals surface area (Å²) in [7, 11) is 3.85. The fraction of sp³-hybridized carbons (Fsp3) is 0.462. The summed E-state index contributed by atoms with van der Waals surface area (Å²) in [6.07, 6.45) is 3.30. The van der Waals surface area contributed by atoms with E-state index >= 15 is 0 Å². The Morgan fingerprint density at radius 1 is 1.50 bits per heavy atom. The van der Waals surface area contributed by atoms with Crippen LogP contribution >= 0.6 is 0 Å². The van der Waals surface area contributed by atoms with E-state index in [1.54, 1.807) is 0 Å². The van der Waals surface area contributed by atoms with E-state index in [-0.39, 0.29) is 11.9 Å². The molecule has 1 atom stereocenters. The molecule has 2 heterocycles. The molecular weight excluding hydrogens is 228 g/mol. The highest BCUT2D eigenvalue weighted by Gasteiger charge is 2.29. The topological polar surface area (TPSA) is 49.3 Å². The number of likely N-dealkylation sites (tertiary alicyclic amines) is 1. The SMILES string of the molecule is C=CC(=O)N1CCCC1c1ccc(N(C)C)nn1. The van der Waals surface area contributed by atoms with Gasteiger partial charge in [0, 0.05) is 20.6 Å². The first kappa shape index (κ1) is 12.5. The second-order valence-electron chi connectivity index (χ2n) is 4.60. The molecule has 0 saturated carbocycles. The number of hydrogen-bond donors (Lipinski definition) is 0. The quantitative estimate of drug-likeness (QED) is 0.756. The average Bonchev–Trinajstić information content (AvgIpc) is 2.87. The summed E-state index contributed by atoms with van der Waals surface area (Å²) < 4.78 is 0. The van der Waals surface area contributed by atoms with Crippen LogP contribution in [0.4, 0.5) is 5.82 Å². The highest BCUT2D eigenvalue weighted by molar-refractivity contribution is 5.87. The Kier molecular flexibility index (Phi) is 3.60. The number of anilines is 1. The Morgan fingerprint density at radius 2 is 2.28 bits per heavy atom. The minimum absolute atomic E-state index is 0.0315. The normalized spacial score (nSPS) is 18.8. The van der Waals surface area contributed by atoms with Crippen LogP contribution < -0.4 is 4.90 Å². The highest BCUT2D eigenvalue weighted by Crippen LogP contribution is 2.30. The molecule has 1 aliphatic rings. The molecule has 0 N–H and O–H groups in total. The first-order chi connectivity index (χ1) is 8.63. The van der Waals surface area contributed by atoms with Crippen LogP contribution in [0.25, 0.3) is 0 Å². The van der Waals surface area contributed by atoms with Gasteiger partial charge in [-0.15, -0.1) is 5.10 Å². The molecule has 1 amide bonds. The highest BCUT2D eigenvalue weighted by atomic mass is 16.2. The zero-order chi connectivity index (χ0) is 13.1. The van der Waals surface area contributed by atoms with E-state index in [4.69, 9.17) is 0 Å². The van der Waals surface area contributed by atoms with Crippen molar-refractivity contribution < 1.29 is 4.79 Å². The predicted octanol–water partition coefficient (Wildman–Crippen LogP) is 1.39. The Morgan fingerprint density at radius 3 is 2.83 bits per heavy atom. The molecule has 1 saturated heterocycles. The molecule has 0 spiro atoms. The van der Waals surface area contributed by atoms with Gasteiger partial charge in [-0.25, -0.2) is 0 Å². The van der Waals surface area contributed by atoms with E-state index in [1.165, 1.54) is 6.08 Å². The lowest BCUT2D eigenvalue weighted by atomic mass is 10.1. The van der Waals surface area contributed by atoms with Crippen molar-refractivity contribution in [1.29, 1.82) is 0 Å². The molecule has 1 aliphatic heterocycles. The van der Waals surface area contributed by atoms with Gasteiger partial charge in [0.1, 0.15) is 0 Å². The van der Waals surface area contributed by atoms with Crippen LogP contribution in [0.3, 0.4) is 0 Å². The van der Waals surface area contributed by atoms with Crippen LogP contribution in [0, 0.1) is 0 Å². The van der Waals surface area contributed by atoms with Gasteiger partial charge in [0.15, 0.2) is 5.82 Å². The number of carbonyl (C=O) groups is 1. The molecular formula is C13H18N4O. The van der Waals surface area contributed by atoms with Gasteiger partial charge < -0.3 is 9.80 Å². The van der Waals surface area contributed by atoms with Crippen molar-refractivity contribution in [2.45, 2.75) is 18.9 Å². The van der Waals surface area contributed by atoms with Gasteiger partial charge in [-0.3, -0.25) is 4.79 Å². The molecule has 0 radical (unpaired) electrons. The van der Waals surface area contributed by atoms with Gasteiger partial charge in [-0.05, 0) is 31.1 Å². The summed E-state index contributed by atoms with van der Waals surface area (Å²) in [5, 5.41) is 8.38. The first-order valence-corrected chi connectivity index (χ1v) is 6.07. The maximum atomic E-state index is 11.7. The molecule has 96 valence electrons. The van der Waals surface area contributed by atoms with Crippen molar-refractivity contribution in [3.8, 4) is 0 Å². The number of amides is 1. The van der Waals surface area contributed by atoms with Gasteiger partial charge in [0.05, 0.1) is 11.7 Å². The molecule has 1 fully saturated rings. The van der Waals surface area contributed by atoms with Crippen molar-refractivity contribution in [3.63, 3.8) is 0 Å². The van der Waals surface area contributed by atoms with Gasteiger partial charge >= 0.3 is 0 Å². The standard InChI is InChI=1S/C13H18N4O/c1-4-13(18)17-9-5-6-11(17)10-7-8-12(15-14-10)16(2)3/h4,7-8,11H,1,5-6,9H2,2-3H3. The van der Waals surface area contributed by atoms with Gasteiger partial charge in [-0.1, -0.05) is 6.58 Å². The zero-order valence-electron chi connectivity index (χ0n) is 10.8. The summed E-state index contributed by atoms with van der Waals surface area (Å²) in [5.41, 5.74) is 0.855. The van der Waals surface area contributed by atoms with E-state index in [0.29, 0.717) is 0 Å². The predicted molar refractivity (Wildman–Crippen MR) is 70.2 cm³/mol. The molecule has 1 unspecified atom stereocenters. The Bertz CT molecular complexity index is 441. The summed E-state index contributed by atoms with van der Waals surface area (Å²) in [5.74, 6) is 0.786. The van der Waals surface area contributed by atoms with Crippen molar-refractivity contribution in [3.05, 3.63) is 30.5 Å². The fourth-order valence-electron chi connectivity index (χ4n) is 2.21. The fourth-order valence-corrected chi connectivity index (χ4v) is 2.21.